The van der Waals surface area contributed by atoms with Crippen molar-refractivity contribution in [3.63, 3.8) is 0 Å². The number of ether oxygens (including phenoxy) is 1. The summed E-state index contributed by atoms with van der Waals surface area (Å²) in [5.41, 5.74) is 1.27. The fourth-order valence-electron chi connectivity index (χ4n) is 2.86. The average Bonchev–Trinajstić information content (AvgIpc) is 2.97. The summed E-state index contributed by atoms with van der Waals surface area (Å²) in [6, 6.07) is 3.01. The number of amides is 1. The third-order valence-corrected chi connectivity index (χ3v) is 4.00. The van der Waals surface area contributed by atoms with Crippen molar-refractivity contribution >= 4 is 5.91 Å². The van der Waals surface area contributed by atoms with Crippen molar-refractivity contribution in [1.29, 1.82) is 0 Å². The summed E-state index contributed by atoms with van der Waals surface area (Å²) < 4.78 is 7.26. The fraction of sp³-hybridized carbons (Fsp3) is 0.500. The van der Waals surface area contributed by atoms with Crippen LogP contribution in [0.4, 0.5) is 0 Å². The summed E-state index contributed by atoms with van der Waals surface area (Å²) >= 11 is 0. The summed E-state index contributed by atoms with van der Waals surface area (Å²) in [5.74, 6) is 0.540. The monoisotopic (exact) mass is 331 g/mol. The normalized spacial score (nSPS) is 17.9. The highest BCUT2D eigenvalue weighted by atomic mass is 16.5. The molecule has 0 unspecified atom stereocenters. The van der Waals surface area contributed by atoms with Crippen molar-refractivity contribution in [1.82, 2.24) is 24.6 Å². The third kappa shape index (κ3) is 3.70. The molecule has 1 aliphatic heterocycles. The van der Waals surface area contributed by atoms with E-state index in [0.29, 0.717) is 44.2 Å². The minimum Gasteiger partial charge on any atom is -0.377 e. The number of aromatic amines is 1. The molecular weight excluding hydrogens is 310 g/mol. The van der Waals surface area contributed by atoms with Crippen molar-refractivity contribution in [2.24, 2.45) is 0 Å². The highest BCUT2D eigenvalue weighted by molar-refractivity contribution is 5.76. The number of hydrogen-bond acceptors (Lipinski definition) is 5. The Kier molecular flexibility index (Phi) is 4.75. The number of H-pyrrole nitrogens is 1. The first kappa shape index (κ1) is 16.4. The first-order valence-electron chi connectivity index (χ1n) is 7.98. The van der Waals surface area contributed by atoms with Crippen LogP contribution < -0.4 is 5.56 Å². The number of carbonyl (C=O) groups is 1. The zero-order chi connectivity index (χ0) is 17.1. The van der Waals surface area contributed by atoms with E-state index in [1.54, 1.807) is 16.5 Å². The van der Waals surface area contributed by atoms with Gasteiger partial charge in [0.15, 0.2) is 0 Å². The smallest absolute Gasteiger partial charge is 0.251 e. The Labute approximate surface area is 139 Å². The summed E-state index contributed by atoms with van der Waals surface area (Å²) in [5, 5.41) is 4.29. The summed E-state index contributed by atoms with van der Waals surface area (Å²) in [6.07, 6.45) is 2.21. The standard InChI is InChI=1S/C16H21N5O3/c1-11-3-5-20(19-11)6-4-16(23)21-7-8-24-10-14(21)13-9-15(22)18-12(2)17-13/h3,5,9,14H,4,6-8,10H2,1-2H3,(H,17,18,22)/t14-/m0/s1. The molecule has 24 heavy (non-hydrogen) atoms. The summed E-state index contributed by atoms with van der Waals surface area (Å²) in [6.45, 7) is 5.50. The molecule has 3 rings (SSSR count). The highest BCUT2D eigenvalue weighted by Crippen LogP contribution is 2.22. The van der Waals surface area contributed by atoms with Gasteiger partial charge in [0, 0.05) is 31.8 Å². The van der Waals surface area contributed by atoms with Crippen LogP contribution in [0, 0.1) is 13.8 Å². The number of carbonyl (C=O) groups excluding carboxylic acids is 1. The Hall–Kier alpha value is -2.48. The second-order valence-corrected chi connectivity index (χ2v) is 5.90. The second kappa shape index (κ2) is 6.96. The van der Waals surface area contributed by atoms with E-state index in [4.69, 9.17) is 4.74 Å². The van der Waals surface area contributed by atoms with E-state index in [1.165, 1.54) is 6.07 Å². The molecular formula is C16H21N5O3. The first-order chi connectivity index (χ1) is 11.5. The minimum absolute atomic E-state index is 0.0104. The Morgan fingerprint density at radius 3 is 3.00 bits per heavy atom. The Morgan fingerprint density at radius 2 is 2.29 bits per heavy atom. The van der Waals surface area contributed by atoms with Gasteiger partial charge in [-0.05, 0) is 19.9 Å². The average molecular weight is 331 g/mol. The maximum atomic E-state index is 12.6. The Morgan fingerprint density at radius 1 is 1.46 bits per heavy atom. The van der Waals surface area contributed by atoms with E-state index in [1.807, 2.05) is 19.2 Å². The van der Waals surface area contributed by atoms with Gasteiger partial charge in [-0.3, -0.25) is 14.3 Å². The lowest BCUT2D eigenvalue weighted by molar-refractivity contribution is -0.140. The molecule has 1 N–H and O–H groups in total. The van der Waals surface area contributed by atoms with Gasteiger partial charge < -0.3 is 14.6 Å². The van der Waals surface area contributed by atoms with Crippen LogP contribution in [0.3, 0.4) is 0 Å². The molecule has 128 valence electrons. The number of rotatable bonds is 4. The topological polar surface area (TPSA) is 93.1 Å². The number of aryl methyl sites for hydroxylation is 3. The molecule has 2 aromatic rings. The van der Waals surface area contributed by atoms with Crippen LogP contribution in [0.5, 0.6) is 0 Å². The predicted molar refractivity (Wildman–Crippen MR) is 86.4 cm³/mol. The van der Waals surface area contributed by atoms with E-state index >= 15 is 0 Å². The zero-order valence-electron chi connectivity index (χ0n) is 13.9. The molecule has 1 saturated heterocycles. The largest absolute Gasteiger partial charge is 0.377 e. The number of morpholine rings is 1. The van der Waals surface area contributed by atoms with Crippen LogP contribution in [-0.4, -0.2) is 50.3 Å². The van der Waals surface area contributed by atoms with Gasteiger partial charge in [0.2, 0.25) is 5.91 Å². The van der Waals surface area contributed by atoms with Gasteiger partial charge in [-0.15, -0.1) is 0 Å². The van der Waals surface area contributed by atoms with Gasteiger partial charge in [0.05, 0.1) is 30.6 Å². The lowest BCUT2D eigenvalue weighted by atomic mass is 10.1. The van der Waals surface area contributed by atoms with Gasteiger partial charge in [-0.25, -0.2) is 4.98 Å². The van der Waals surface area contributed by atoms with Crippen molar-refractivity contribution in [3.05, 3.63) is 45.9 Å². The number of hydrogen-bond donors (Lipinski definition) is 1. The highest BCUT2D eigenvalue weighted by Gasteiger charge is 2.29. The molecule has 1 fully saturated rings. The van der Waals surface area contributed by atoms with Crippen LogP contribution in [0.2, 0.25) is 0 Å². The van der Waals surface area contributed by atoms with Crippen LogP contribution in [-0.2, 0) is 16.1 Å². The van der Waals surface area contributed by atoms with Crippen molar-refractivity contribution < 1.29 is 9.53 Å². The predicted octanol–water partition coefficient (Wildman–Crippen LogP) is 0.573. The van der Waals surface area contributed by atoms with E-state index in [0.717, 1.165) is 5.69 Å². The second-order valence-electron chi connectivity index (χ2n) is 5.90. The van der Waals surface area contributed by atoms with Crippen LogP contribution in [0.15, 0.2) is 23.1 Å². The molecule has 0 bridgehead atoms. The molecule has 1 atom stereocenters. The summed E-state index contributed by atoms with van der Waals surface area (Å²) in [7, 11) is 0. The molecule has 0 aromatic carbocycles. The lowest BCUT2D eigenvalue weighted by Gasteiger charge is -2.35. The lowest BCUT2D eigenvalue weighted by Crippen LogP contribution is -2.44. The van der Waals surface area contributed by atoms with Gasteiger partial charge in [-0.1, -0.05) is 0 Å². The fourth-order valence-corrected chi connectivity index (χ4v) is 2.86. The maximum Gasteiger partial charge on any atom is 0.251 e. The van der Waals surface area contributed by atoms with E-state index < -0.39 is 0 Å². The van der Waals surface area contributed by atoms with Crippen LogP contribution in [0.25, 0.3) is 0 Å². The molecule has 8 nitrogen and oxygen atoms in total. The van der Waals surface area contributed by atoms with Gasteiger partial charge in [-0.2, -0.15) is 5.10 Å². The number of nitrogens with zero attached hydrogens (tertiary/aromatic N) is 4. The van der Waals surface area contributed by atoms with Crippen molar-refractivity contribution in [2.75, 3.05) is 19.8 Å². The van der Waals surface area contributed by atoms with Crippen LogP contribution in [0.1, 0.15) is 29.7 Å². The number of aromatic nitrogens is 4. The van der Waals surface area contributed by atoms with Crippen molar-refractivity contribution in [3.8, 4) is 0 Å². The summed E-state index contributed by atoms with van der Waals surface area (Å²) in [4.78, 5) is 33.1. The molecule has 3 heterocycles. The maximum absolute atomic E-state index is 12.6. The molecule has 2 aromatic heterocycles. The quantitative estimate of drug-likeness (QED) is 0.884. The molecule has 8 heteroatoms. The molecule has 1 amide bonds. The van der Waals surface area contributed by atoms with E-state index in [-0.39, 0.29) is 17.5 Å². The van der Waals surface area contributed by atoms with E-state index in [9.17, 15) is 9.59 Å². The molecule has 0 saturated carbocycles. The van der Waals surface area contributed by atoms with Crippen LogP contribution >= 0.6 is 0 Å². The van der Waals surface area contributed by atoms with Gasteiger partial charge >= 0.3 is 0 Å². The minimum atomic E-state index is -0.327. The molecule has 0 aliphatic carbocycles. The SMILES string of the molecule is Cc1ccn(CCC(=O)N2CCOC[C@H]2c2cc(=O)[nH]c(C)n2)n1. The van der Waals surface area contributed by atoms with Gasteiger partial charge in [0.25, 0.3) is 5.56 Å². The number of nitrogens with one attached hydrogen (secondary N) is 1. The van der Waals surface area contributed by atoms with E-state index in [2.05, 4.69) is 15.1 Å². The molecule has 0 radical (unpaired) electrons. The molecule has 0 spiro atoms. The Bertz CT molecular complexity index is 782. The Balaban J connectivity index is 1.73. The van der Waals surface area contributed by atoms with Crippen molar-refractivity contribution in [2.45, 2.75) is 32.9 Å². The zero-order valence-corrected chi connectivity index (χ0v) is 13.9. The first-order valence-corrected chi connectivity index (χ1v) is 7.98. The third-order valence-electron chi connectivity index (χ3n) is 4.00. The molecule has 1 aliphatic rings. The van der Waals surface area contributed by atoms with Gasteiger partial charge in [0.1, 0.15) is 5.82 Å².